The number of rotatable bonds is 6. The second-order valence-corrected chi connectivity index (χ2v) is 5.78. The Kier molecular flexibility index (Phi) is 6.03. The number of benzene rings is 2. The maximum atomic E-state index is 13.1. The van der Waals surface area contributed by atoms with Crippen molar-refractivity contribution in [1.29, 1.82) is 0 Å². The number of hydrogen-bond acceptors (Lipinski definition) is 4. The van der Waals surface area contributed by atoms with Crippen LogP contribution in [0, 0.1) is 5.82 Å². The first-order valence-electron chi connectivity index (χ1n) is 7.08. The Morgan fingerprint density at radius 1 is 1.12 bits per heavy atom. The van der Waals surface area contributed by atoms with Crippen LogP contribution in [0.4, 0.5) is 10.1 Å². The van der Waals surface area contributed by atoms with Crippen molar-refractivity contribution in [3.05, 3.63) is 46.7 Å². The summed E-state index contributed by atoms with van der Waals surface area (Å²) in [6.45, 7) is 1.60. The lowest BCUT2D eigenvalue weighted by Gasteiger charge is -2.16. The van der Waals surface area contributed by atoms with Crippen molar-refractivity contribution in [2.24, 2.45) is 0 Å². The van der Waals surface area contributed by atoms with E-state index in [0.29, 0.717) is 27.4 Å². The van der Waals surface area contributed by atoms with E-state index in [1.54, 1.807) is 25.1 Å². The summed E-state index contributed by atoms with van der Waals surface area (Å²) in [5.41, 5.74) is 0.518. The maximum absolute atomic E-state index is 13.1. The van der Waals surface area contributed by atoms with E-state index in [2.05, 4.69) is 21.2 Å². The smallest absolute Gasteiger partial charge is 0.265 e. The average molecular weight is 398 g/mol. The van der Waals surface area contributed by atoms with Crippen molar-refractivity contribution in [2.75, 3.05) is 19.5 Å². The molecule has 0 aliphatic rings. The van der Waals surface area contributed by atoms with E-state index < -0.39 is 11.9 Å². The summed E-state index contributed by atoms with van der Waals surface area (Å²) in [5, 5.41) is 2.73. The van der Waals surface area contributed by atoms with Crippen LogP contribution in [0.15, 0.2) is 40.9 Å². The molecular weight excluding hydrogens is 381 g/mol. The monoisotopic (exact) mass is 397 g/mol. The summed E-state index contributed by atoms with van der Waals surface area (Å²) in [6.07, 6.45) is -0.788. The van der Waals surface area contributed by atoms with E-state index in [9.17, 15) is 9.18 Å². The predicted molar refractivity (Wildman–Crippen MR) is 92.4 cm³/mol. The van der Waals surface area contributed by atoms with Crippen LogP contribution in [0.25, 0.3) is 0 Å². The molecule has 2 rings (SSSR count). The third-order valence-electron chi connectivity index (χ3n) is 3.19. The zero-order valence-corrected chi connectivity index (χ0v) is 15.0. The molecule has 1 atom stereocenters. The fourth-order valence-electron chi connectivity index (χ4n) is 1.94. The third kappa shape index (κ3) is 4.61. The van der Waals surface area contributed by atoms with Gasteiger partial charge in [-0.05, 0) is 41.1 Å². The summed E-state index contributed by atoms with van der Waals surface area (Å²) in [7, 11) is 3.05. The van der Waals surface area contributed by atoms with Crippen molar-refractivity contribution in [2.45, 2.75) is 13.0 Å². The van der Waals surface area contributed by atoms with E-state index in [4.69, 9.17) is 14.2 Å². The number of amides is 1. The van der Waals surface area contributed by atoms with Crippen LogP contribution in [-0.4, -0.2) is 26.2 Å². The van der Waals surface area contributed by atoms with Crippen molar-refractivity contribution in [1.82, 2.24) is 0 Å². The van der Waals surface area contributed by atoms with Gasteiger partial charge in [-0.15, -0.1) is 0 Å². The van der Waals surface area contributed by atoms with Gasteiger partial charge in [0.1, 0.15) is 23.1 Å². The fourth-order valence-corrected chi connectivity index (χ4v) is 2.38. The SMILES string of the molecule is COc1cc(NC(=O)[C@H](C)Oc2ccc(F)cc2Br)cc(OC)c1. The van der Waals surface area contributed by atoms with Crippen LogP contribution in [0.1, 0.15) is 6.92 Å². The predicted octanol–water partition coefficient (Wildman–Crippen LogP) is 4.01. The topological polar surface area (TPSA) is 56.8 Å². The quantitative estimate of drug-likeness (QED) is 0.799. The van der Waals surface area contributed by atoms with Crippen molar-refractivity contribution in [3.63, 3.8) is 0 Å². The molecule has 0 unspecified atom stereocenters. The van der Waals surface area contributed by atoms with Crippen LogP contribution < -0.4 is 19.5 Å². The highest BCUT2D eigenvalue weighted by Crippen LogP contribution is 2.28. The highest BCUT2D eigenvalue weighted by Gasteiger charge is 2.17. The highest BCUT2D eigenvalue weighted by molar-refractivity contribution is 9.10. The second-order valence-electron chi connectivity index (χ2n) is 4.93. The second kappa shape index (κ2) is 8.01. The number of anilines is 1. The van der Waals surface area contributed by atoms with Crippen molar-refractivity contribution in [3.8, 4) is 17.2 Å². The molecule has 0 fully saturated rings. The number of methoxy groups -OCH3 is 2. The van der Waals surface area contributed by atoms with Crippen molar-refractivity contribution < 1.29 is 23.4 Å². The van der Waals surface area contributed by atoms with Gasteiger partial charge in [0.15, 0.2) is 6.10 Å². The van der Waals surface area contributed by atoms with E-state index in [0.717, 1.165) is 0 Å². The highest BCUT2D eigenvalue weighted by atomic mass is 79.9. The molecule has 0 aliphatic carbocycles. The largest absolute Gasteiger partial charge is 0.497 e. The average Bonchev–Trinajstić information content (AvgIpc) is 2.56. The summed E-state index contributed by atoms with van der Waals surface area (Å²) in [5.74, 6) is 0.734. The Hall–Kier alpha value is -2.28. The number of carbonyl (C=O) groups is 1. The van der Waals surface area contributed by atoms with E-state index >= 15 is 0 Å². The number of ether oxygens (including phenoxy) is 3. The zero-order chi connectivity index (χ0) is 17.7. The van der Waals surface area contributed by atoms with Crippen LogP contribution in [0.3, 0.4) is 0 Å². The first-order chi connectivity index (χ1) is 11.4. The first kappa shape index (κ1) is 18.1. The van der Waals surface area contributed by atoms with Gasteiger partial charge in [-0.3, -0.25) is 4.79 Å². The Balaban J connectivity index is 2.08. The van der Waals surface area contributed by atoms with Gasteiger partial charge in [0.05, 0.1) is 18.7 Å². The van der Waals surface area contributed by atoms with E-state index in [1.165, 1.54) is 32.4 Å². The van der Waals surface area contributed by atoms with Crippen LogP contribution >= 0.6 is 15.9 Å². The van der Waals surface area contributed by atoms with Crippen LogP contribution in [0.5, 0.6) is 17.2 Å². The minimum Gasteiger partial charge on any atom is -0.497 e. The molecule has 0 radical (unpaired) electrons. The standard InChI is InChI=1S/C17H17BrFNO4/c1-10(24-16-5-4-11(19)6-15(16)18)17(21)20-12-7-13(22-2)9-14(8-12)23-3/h4-10H,1-3H3,(H,20,21)/t10-/m0/s1. The van der Waals surface area contributed by atoms with Gasteiger partial charge in [0.25, 0.3) is 5.91 Å². The molecule has 1 N–H and O–H groups in total. The molecule has 0 saturated carbocycles. The molecule has 2 aromatic carbocycles. The molecule has 0 aromatic heterocycles. The summed E-state index contributed by atoms with van der Waals surface area (Å²) < 4.78 is 29.4. The molecule has 0 heterocycles. The van der Waals surface area contributed by atoms with Gasteiger partial charge in [0.2, 0.25) is 0 Å². The van der Waals surface area contributed by atoms with Gasteiger partial charge >= 0.3 is 0 Å². The fraction of sp³-hybridized carbons (Fsp3) is 0.235. The van der Waals surface area contributed by atoms with Gasteiger partial charge in [-0.25, -0.2) is 4.39 Å². The summed E-state index contributed by atoms with van der Waals surface area (Å²) in [4.78, 5) is 12.3. The van der Waals surface area contributed by atoms with E-state index in [1.807, 2.05) is 0 Å². The number of carbonyl (C=O) groups excluding carboxylic acids is 1. The molecule has 0 bridgehead atoms. The molecule has 0 saturated heterocycles. The minimum absolute atomic E-state index is 0.360. The van der Waals surface area contributed by atoms with Crippen LogP contribution in [-0.2, 0) is 4.79 Å². The Bertz CT molecular complexity index is 716. The lowest BCUT2D eigenvalue weighted by atomic mass is 10.2. The van der Waals surface area contributed by atoms with Gasteiger partial charge in [-0.1, -0.05) is 0 Å². The molecule has 1 amide bonds. The molecule has 24 heavy (non-hydrogen) atoms. The molecule has 128 valence electrons. The summed E-state index contributed by atoms with van der Waals surface area (Å²) >= 11 is 3.20. The minimum atomic E-state index is -0.788. The Labute approximate surface area is 147 Å². The molecule has 7 heteroatoms. The molecule has 2 aromatic rings. The first-order valence-corrected chi connectivity index (χ1v) is 7.88. The van der Waals surface area contributed by atoms with Crippen LogP contribution in [0.2, 0.25) is 0 Å². The third-order valence-corrected chi connectivity index (χ3v) is 3.81. The molecule has 0 spiro atoms. The number of hydrogen-bond donors (Lipinski definition) is 1. The van der Waals surface area contributed by atoms with Gasteiger partial charge < -0.3 is 19.5 Å². The molecule has 5 nitrogen and oxygen atoms in total. The van der Waals surface area contributed by atoms with Crippen molar-refractivity contribution >= 4 is 27.5 Å². The lowest BCUT2D eigenvalue weighted by molar-refractivity contribution is -0.122. The lowest BCUT2D eigenvalue weighted by Crippen LogP contribution is -2.30. The number of nitrogens with one attached hydrogen (secondary N) is 1. The summed E-state index contributed by atoms with van der Waals surface area (Å²) in [6, 6.07) is 9.02. The van der Waals surface area contributed by atoms with Gasteiger partial charge in [0, 0.05) is 23.9 Å². The number of halogens is 2. The Morgan fingerprint density at radius 3 is 2.29 bits per heavy atom. The zero-order valence-electron chi connectivity index (χ0n) is 13.4. The molecular formula is C17H17BrFNO4. The molecule has 0 aliphatic heterocycles. The van der Waals surface area contributed by atoms with Gasteiger partial charge in [-0.2, -0.15) is 0 Å². The Morgan fingerprint density at radius 2 is 1.75 bits per heavy atom. The van der Waals surface area contributed by atoms with E-state index in [-0.39, 0.29) is 5.91 Å². The maximum Gasteiger partial charge on any atom is 0.265 e. The normalized spacial score (nSPS) is 11.5.